The lowest BCUT2D eigenvalue weighted by Crippen LogP contribution is -2.55. The molecule has 10 N–H and O–H groups in total. The van der Waals surface area contributed by atoms with Gasteiger partial charge in [0.05, 0.1) is 4.90 Å². The summed E-state index contributed by atoms with van der Waals surface area (Å²) in [7, 11) is -2.78. The van der Waals surface area contributed by atoms with E-state index >= 15 is 0 Å². The van der Waals surface area contributed by atoms with Gasteiger partial charge in [-0.1, -0.05) is 48.0 Å². The Balaban J connectivity index is 2.35. The van der Waals surface area contributed by atoms with Crippen LogP contribution in [-0.4, -0.2) is 68.6 Å². The monoisotopic (exact) mass is 602 g/mol. The van der Waals surface area contributed by atoms with Crippen molar-refractivity contribution in [1.29, 1.82) is 0 Å². The summed E-state index contributed by atoms with van der Waals surface area (Å²) in [5.41, 5.74) is 23.4. The zero-order valence-corrected chi connectivity index (χ0v) is 24.8. The third kappa shape index (κ3) is 10.1. The van der Waals surface area contributed by atoms with E-state index in [0.717, 1.165) is 9.87 Å². The Kier molecular flexibility index (Phi) is 13.4. The van der Waals surface area contributed by atoms with Crippen molar-refractivity contribution in [3.8, 4) is 0 Å². The summed E-state index contributed by atoms with van der Waals surface area (Å²) >= 11 is 0. The number of nitrogens with zero attached hydrogens (tertiary/aromatic N) is 2. The number of sulfonamides is 1. The fourth-order valence-electron chi connectivity index (χ4n) is 4.25. The van der Waals surface area contributed by atoms with E-state index in [2.05, 4.69) is 15.6 Å². The Bertz CT molecular complexity index is 1320. The molecule has 0 fully saturated rings. The lowest BCUT2D eigenvalue weighted by Gasteiger charge is -2.29. The number of nitrogens with one attached hydrogen (secondary N) is 2. The molecule has 0 bridgehead atoms. The predicted octanol–water partition coefficient (Wildman–Crippen LogP) is -0.00568. The van der Waals surface area contributed by atoms with Crippen molar-refractivity contribution < 1.29 is 22.8 Å². The molecule has 0 saturated heterocycles. The van der Waals surface area contributed by atoms with Gasteiger partial charge in [0.1, 0.15) is 18.1 Å². The van der Waals surface area contributed by atoms with Gasteiger partial charge in [-0.25, -0.2) is 8.42 Å². The number of carbonyl (C=O) groups is 3. The number of guanidine groups is 1. The molecule has 0 saturated carbocycles. The number of primary amides is 1. The fraction of sp³-hybridized carbons (Fsp3) is 0.429. The Morgan fingerprint density at radius 3 is 2.10 bits per heavy atom. The summed E-state index contributed by atoms with van der Waals surface area (Å²) in [6.07, 6.45) is 1.63. The van der Waals surface area contributed by atoms with Crippen molar-refractivity contribution in [1.82, 2.24) is 14.9 Å². The van der Waals surface area contributed by atoms with Crippen LogP contribution in [0.5, 0.6) is 0 Å². The molecule has 0 radical (unpaired) electrons. The van der Waals surface area contributed by atoms with Gasteiger partial charge in [0, 0.05) is 13.6 Å². The molecule has 0 unspecified atom stereocenters. The quantitative estimate of drug-likeness (QED) is 0.0817. The van der Waals surface area contributed by atoms with Gasteiger partial charge >= 0.3 is 0 Å². The van der Waals surface area contributed by atoms with Crippen LogP contribution in [0.3, 0.4) is 0 Å². The van der Waals surface area contributed by atoms with E-state index in [4.69, 9.17) is 22.9 Å². The molecule has 0 aromatic heterocycles. The molecule has 0 heterocycles. The fourth-order valence-corrected chi connectivity index (χ4v) is 5.60. The van der Waals surface area contributed by atoms with E-state index < -0.39 is 45.9 Å². The van der Waals surface area contributed by atoms with E-state index in [1.54, 1.807) is 42.5 Å². The van der Waals surface area contributed by atoms with E-state index in [1.165, 1.54) is 19.2 Å². The first-order valence-corrected chi connectivity index (χ1v) is 15.1. The van der Waals surface area contributed by atoms with Crippen LogP contribution in [0.4, 0.5) is 0 Å². The Labute approximate surface area is 247 Å². The molecule has 2 aromatic carbocycles. The van der Waals surface area contributed by atoms with Gasteiger partial charge in [-0.15, -0.1) is 0 Å². The van der Waals surface area contributed by atoms with Gasteiger partial charge in [-0.05, 0) is 63.3 Å². The first-order chi connectivity index (χ1) is 19.9. The normalized spacial score (nSPS) is 13.5. The van der Waals surface area contributed by atoms with Gasteiger partial charge in [0.25, 0.3) is 0 Å². The topological polar surface area (TPSA) is 229 Å². The van der Waals surface area contributed by atoms with Crippen molar-refractivity contribution in [3.63, 3.8) is 0 Å². The molecular weight excluding hydrogens is 560 g/mol. The van der Waals surface area contributed by atoms with Crippen LogP contribution < -0.4 is 33.6 Å². The molecule has 230 valence electrons. The SMILES string of the molecule is Cc1ccc(S(=O)(=O)N(C)[C@@H](CCCN=C(N)N)C(=O)N[C@@H](CCCCN)C(=O)N[C@@H](C(N)=O)c2ccccc2)cc1. The maximum absolute atomic E-state index is 13.7. The molecule has 0 aliphatic carbocycles. The molecule has 3 amide bonds. The number of carbonyl (C=O) groups excluding carboxylic acids is 3. The van der Waals surface area contributed by atoms with Gasteiger partial charge in [0.2, 0.25) is 27.7 Å². The van der Waals surface area contributed by atoms with Crippen LogP contribution in [0.1, 0.15) is 49.3 Å². The summed E-state index contributed by atoms with van der Waals surface area (Å²) in [6.45, 7) is 2.37. The molecule has 42 heavy (non-hydrogen) atoms. The number of likely N-dealkylation sites (N-methyl/N-ethyl adjacent to an activating group) is 1. The highest BCUT2D eigenvalue weighted by Gasteiger charge is 2.35. The van der Waals surface area contributed by atoms with E-state index in [-0.39, 0.29) is 36.7 Å². The molecular formula is C28H42N8O5S. The van der Waals surface area contributed by atoms with Crippen LogP contribution in [-0.2, 0) is 24.4 Å². The number of rotatable bonds is 17. The summed E-state index contributed by atoms with van der Waals surface area (Å²) in [5, 5.41) is 5.32. The third-order valence-corrected chi connectivity index (χ3v) is 8.53. The minimum Gasteiger partial charge on any atom is -0.370 e. The molecule has 3 atom stereocenters. The summed E-state index contributed by atoms with van der Waals surface area (Å²) in [4.78, 5) is 43.2. The molecule has 0 aliphatic heterocycles. The second-order valence-corrected chi connectivity index (χ2v) is 11.9. The second kappa shape index (κ2) is 16.4. The smallest absolute Gasteiger partial charge is 0.244 e. The van der Waals surface area contributed by atoms with Gasteiger partial charge in [-0.2, -0.15) is 4.31 Å². The lowest BCUT2D eigenvalue weighted by molar-refractivity contribution is -0.132. The number of aliphatic imine (C=N–C) groups is 1. The first-order valence-electron chi connectivity index (χ1n) is 13.6. The van der Waals surface area contributed by atoms with E-state index in [9.17, 15) is 22.8 Å². The number of benzene rings is 2. The second-order valence-electron chi connectivity index (χ2n) is 9.90. The Hall–Kier alpha value is -4.01. The largest absolute Gasteiger partial charge is 0.370 e. The van der Waals surface area contributed by atoms with Crippen LogP contribution in [0, 0.1) is 6.92 Å². The highest BCUT2D eigenvalue weighted by Crippen LogP contribution is 2.20. The zero-order chi connectivity index (χ0) is 31.3. The molecule has 2 aromatic rings. The number of unbranched alkanes of at least 4 members (excludes halogenated alkanes) is 1. The predicted molar refractivity (Wildman–Crippen MR) is 161 cm³/mol. The molecule has 0 spiro atoms. The minimum atomic E-state index is -4.09. The van der Waals surface area contributed by atoms with Gasteiger partial charge < -0.3 is 33.6 Å². The zero-order valence-electron chi connectivity index (χ0n) is 24.0. The van der Waals surface area contributed by atoms with Gasteiger partial charge in [0.15, 0.2) is 5.96 Å². The van der Waals surface area contributed by atoms with Crippen LogP contribution in [0.25, 0.3) is 0 Å². The van der Waals surface area contributed by atoms with E-state index in [0.29, 0.717) is 24.9 Å². The minimum absolute atomic E-state index is 0.0158. The Morgan fingerprint density at radius 1 is 0.881 bits per heavy atom. The number of aryl methyl sites for hydroxylation is 1. The van der Waals surface area contributed by atoms with Crippen molar-refractivity contribution in [3.05, 3.63) is 65.7 Å². The maximum Gasteiger partial charge on any atom is 0.244 e. The van der Waals surface area contributed by atoms with Crippen molar-refractivity contribution in [2.24, 2.45) is 27.9 Å². The van der Waals surface area contributed by atoms with Gasteiger partial charge in [-0.3, -0.25) is 19.4 Å². The Morgan fingerprint density at radius 2 is 1.52 bits per heavy atom. The maximum atomic E-state index is 13.7. The number of hydrogen-bond donors (Lipinski definition) is 6. The van der Waals surface area contributed by atoms with Crippen LogP contribution >= 0.6 is 0 Å². The number of hydrogen-bond acceptors (Lipinski definition) is 7. The summed E-state index contributed by atoms with van der Waals surface area (Å²) < 4.78 is 27.9. The average Bonchev–Trinajstić information content (AvgIpc) is 2.95. The third-order valence-electron chi connectivity index (χ3n) is 6.65. The molecule has 2 rings (SSSR count). The average molecular weight is 603 g/mol. The highest BCUT2D eigenvalue weighted by atomic mass is 32.2. The standard InChI is InChI=1S/C28H42N8O5S/c1-19-13-15-21(16-14-19)42(40,41)36(2)23(12-8-18-33-28(31)32)27(39)34-22(11-6-7-17-29)26(38)35-24(25(30)37)20-9-4-3-5-10-20/h3-5,9-10,13-16,22-24H,6-8,11-12,17-18,29H2,1-2H3,(H2,30,37)(H,34,39)(H,35,38)(H4,31,32,33)/t22-,23-,24+/m0/s1. The van der Waals surface area contributed by atoms with E-state index in [1.807, 2.05) is 6.92 Å². The van der Waals surface area contributed by atoms with Crippen molar-refractivity contribution in [2.45, 2.75) is 62.0 Å². The van der Waals surface area contributed by atoms with Crippen molar-refractivity contribution in [2.75, 3.05) is 20.1 Å². The summed E-state index contributed by atoms with van der Waals surface area (Å²) in [6, 6.07) is 11.3. The first kappa shape index (κ1) is 34.2. The van der Waals surface area contributed by atoms with Crippen LogP contribution in [0.15, 0.2) is 64.5 Å². The lowest BCUT2D eigenvalue weighted by atomic mass is 10.0. The van der Waals surface area contributed by atoms with Crippen LogP contribution in [0.2, 0.25) is 0 Å². The van der Waals surface area contributed by atoms with Crippen molar-refractivity contribution >= 4 is 33.7 Å². The number of nitrogens with two attached hydrogens (primary N) is 4. The molecule has 0 aliphatic rings. The highest BCUT2D eigenvalue weighted by molar-refractivity contribution is 7.89. The summed E-state index contributed by atoms with van der Waals surface area (Å²) in [5.74, 6) is -2.24. The molecule has 14 heteroatoms. The number of amides is 3. The molecule has 13 nitrogen and oxygen atoms in total.